The summed E-state index contributed by atoms with van der Waals surface area (Å²) >= 11 is 3.83. The van der Waals surface area contributed by atoms with E-state index in [2.05, 4.69) is 58.4 Å². The number of hydrogen-bond donors (Lipinski definition) is 0. The highest BCUT2D eigenvalue weighted by molar-refractivity contribution is 9.09. The Morgan fingerprint density at radius 1 is 0.889 bits per heavy atom. The van der Waals surface area contributed by atoms with Crippen LogP contribution in [0, 0.1) is 0 Å². The second kappa shape index (κ2) is 5.44. The summed E-state index contributed by atoms with van der Waals surface area (Å²) in [6.45, 7) is 0. The number of benzene rings is 2. The van der Waals surface area contributed by atoms with Crippen molar-refractivity contribution >= 4 is 26.7 Å². The number of hydrogen-bond acceptors (Lipinski definition) is 0. The molecule has 1 fully saturated rings. The fourth-order valence-corrected chi connectivity index (χ4v) is 3.84. The Bertz CT molecular complexity index is 532. The highest BCUT2D eigenvalue weighted by Gasteiger charge is 2.19. The molecule has 0 amide bonds. The van der Waals surface area contributed by atoms with E-state index >= 15 is 0 Å². The molecule has 0 aromatic heterocycles. The van der Waals surface area contributed by atoms with E-state index in [-0.39, 0.29) is 0 Å². The molecule has 0 nitrogen and oxygen atoms in total. The van der Waals surface area contributed by atoms with E-state index in [1.807, 2.05) is 0 Å². The van der Waals surface area contributed by atoms with Gasteiger partial charge >= 0.3 is 0 Å². The lowest BCUT2D eigenvalue weighted by atomic mass is 9.90. The second-order valence-corrected chi connectivity index (χ2v) is 6.72. The predicted octanol–water partition coefficient (Wildman–Crippen LogP) is 5.65. The van der Waals surface area contributed by atoms with E-state index in [0.717, 1.165) is 5.92 Å². The van der Waals surface area contributed by atoms with Crippen molar-refractivity contribution in [3.63, 3.8) is 0 Å². The topological polar surface area (TPSA) is 0 Å². The zero-order valence-corrected chi connectivity index (χ0v) is 12.2. The van der Waals surface area contributed by atoms with Gasteiger partial charge < -0.3 is 0 Å². The van der Waals surface area contributed by atoms with Gasteiger partial charge in [0.2, 0.25) is 0 Å². The van der Waals surface area contributed by atoms with E-state index in [1.54, 1.807) is 0 Å². The minimum Gasteiger partial charge on any atom is -0.0890 e. The van der Waals surface area contributed by atoms with Crippen molar-refractivity contribution in [2.45, 2.75) is 42.8 Å². The first-order valence-electron chi connectivity index (χ1n) is 6.96. The molecular weight excluding hydrogens is 284 g/mol. The van der Waals surface area contributed by atoms with Crippen molar-refractivity contribution in [2.24, 2.45) is 0 Å². The molecule has 0 spiro atoms. The van der Waals surface area contributed by atoms with Gasteiger partial charge in [0, 0.05) is 4.83 Å². The van der Waals surface area contributed by atoms with Gasteiger partial charge in [-0.15, -0.1) is 0 Å². The highest BCUT2D eigenvalue weighted by atomic mass is 79.9. The highest BCUT2D eigenvalue weighted by Crippen LogP contribution is 2.35. The molecule has 2 unspecified atom stereocenters. The molecule has 1 aliphatic carbocycles. The summed E-state index contributed by atoms with van der Waals surface area (Å²) in [5.74, 6) is 0.737. The summed E-state index contributed by atoms with van der Waals surface area (Å²) in [6, 6.07) is 15.7. The van der Waals surface area contributed by atoms with Crippen LogP contribution in [0.5, 0.6) is 0 Å². The molecule has 1 heteroatoms. The minimum atomic E-state index is 0.705. The third kappa shape index (κ3) is 2.61. The van der Waals surface area contributed by atoms with E-state index < -0.39 is 0 Å². The molecule has 0 aliphatic heterocycles. The van der Waals surface area contributed by atoms with Crippen LogP contribution in [0.3, 0.4) is 0 Å². The molecular formula is C17H19Br. The Hall–Kier alpha value is -0.820. The second-order valence-electron chi connectivity index (χ2n) is 5.42. The average molecular weight is 303 g/mol. The van der Waals surface area contributed by atoms with Crippen molar-refractivity contribution in [1.82, 2.24) is 0 Å². The first-order chi connectivity index (χ1) is 8.83. The molecule has 2 atom stereocenters. The zero-order valence-electron chi connectivity index (χ0n) is 10.6. The van der Waals surface area contributed by atoms with Crippen LogP contribution in [-0.4, -0.2) is 4.83 Å². The van der Waals surface area contributed by atoms with Gasteiger partial charge in [0.05, 0.1) is 0 Å². The van der Waals surface area contributed by atoms with Gasteiger partial charge in [0.25, 0.3) is 0 Å². The Kier molecular flexibility index (Phi) is 3.69. The van der Waals surface area contributed by atoms with E-state index in [1.165, 1.54) is 48.4 Å². The largest absolute Gasteiger partial charge is 0.0890 e. The van der Waals surface area contributed by atoms with Crippen LogP contribution in [0.4, 0.5) is 0 Å². The maximum atomic E-state index is 3.83. The standard InChI is InChI=1S/C17H19Br/c18-17-8-4-3-7-15(12-17)16-10-9-13-5-1-2-6-14(13)11-16/h1-2,5-6,9-11,15,17H,3-4,7-8,12H2. The Morgan fingerprint density at radius 2 is 1.67 bits per heavy atom. The van der Waals surface area contributed by atoms with Gasteiger partial charge in [0.15, 0.2) is 0 Å². The van der Waals surface area contributed by atoms with E-state index in [4.69, 9.17) is 0 Å². The lowest BCUT2D eigenvalue weighted by molar-refractivity contribution is 0.600. The van der Waals surface area contributed by atoms with Crippen LogP contribution in [0.15, 0.2) is 42.5 Å². The zero-order chi connectivity index (χ0) is 12.4. The molecule has 3 rings (SSSR count). The molecule has 18 heavy (non-hydrogen) atoms. The van der Waals surface area contributed by atoms with Crippen molar-refractivity contribution in [1.29, 1.82) is 0 Å². The maximum Gasteiger partial charge on any atom is 0.0151 e. The molecule has 0 radical (unpaired) electrons. The summed E-state index contributed by atoms with van der Waals surface area (Å²) in [7, 11) is 0. The van der Waals surface area contributed by atoms with Gasteiger partial charge in [-0.25, -0.2) is 0 Å². The third-order valence-corrected chi connectivity index (χ3v) is 4.94. The van der Waals surface area contributed by atoms with E-state index in [9.17, 15) is 0 Å². The van der Waals surface area contributed by atoms with Crippen molar-refractivity contribution in [3.05, 3.63) is 48.0 Å². The predicted molar refractivity (Wildman–Crippen MR) is 82.5 cm³/mol. The normalized spacial score (nSPS) is 24.9. The Morgan fingerprint density at radius 3 is 2.56 bits per heavy atom. The molecule has 2 aromatic carbocycles. The first kappa shape index (κ1) is 12.2. The molecule has 1 saturated carbocycles. The Balaban J connectivity index is 1.92. The monoisotopic (exact) mass is 302 g/mol. The van der Waals surface area contributed by atoms with Gasteiger partial charge in [-0.3, -0.25) is 0 Å². The molecule has 2 aromatic rings. The molecule has 94 valence electrons. The molecule has 1 aliphatic rings. The summed E-state index contributed by atoms with van der Waals surface area (Å²) in [5.41, 5.74) is 1.53. The number of halogens is 1. The SMILES string of the molecule is BrC1CCCCC(c2ccc3ccccc3c2)C1. The van der Waals surface area contributed by atoms with Crippen molar-refractivity contribution in [2.75, 3.05) is 0 Å². The van der Waals surface area contributed by atoms with Crippen LogP contribution < -0.4 is 0 Å². The van der Waals surface area contributed by atoms with Crippen LogP contribution in [0.2, 0.25) is 0 Å². The number of alkyl halides is 1. The smallest absolute Gasteiger partial charge is 0.0151 e. The summed E-state index contributed by atoms with van der Waals surface area (Å²) in [5, 5.41) is 2.73. The van der Waals surface area contributed by atoms with Crippen LogP contribution >= 0.6 is 15.9 Å². The summed E-state index contributed by atoms with van der Waals surface area (Å²) in [4.78, 5) is 0.705. The van der Waals surface area contributed by atoms with Crippen molar-refractivity contribution < 1.29 is 0 Å². The molecule has 0 bridgehead atoms. The third-order valence-electron chi connectivity index (χ3n) is 4.11. The minimum absolute atomic E-state index is 0.705. The summed E-state index contributed by atoms with van der Waals surface area (Å²) < 4.78 is 0. The van der Waals surface area contributed by atoms with Crippen LogP contribution in [0.1, 0.15) is 43.6 Å². The summed E-state index contributed by atoms with van der Waals surface area (Å²) in [6.07, 6.45) is 6.72. The Labute approximate surface area is 118 Å². The lowest BCUT2D eigenvalue weighted by Crippen LogP contribution is -2.03. The number of rotatable bonds is 1. The quantitative estimate of drug-likeness (QED) is 0.471. The maximum absolute atomic E-state index is 3.83. The first-order valence-corrected chi connectivity index (χ1v) is 7.87. The number of fused-ring (bicyclic) bond motifs is 1. The fourth-order valence-electron chi connectivity index (χ4n) is 3.07. The average Bonchev–Trinajstić information content (AvgIpc) is 2.63. The molecule has 0 saturated heterocycles. The fraction of sp³-hybridized carbons (Fsp3) is 0.412. The van der Waals surface area contributed by atoms with Gasteiger partial charge in [-0.1, -0.05) is 71.2 Å². The van der Waals surface area contributed by atoms with Crippen LogP contribution in [-0.2, 0) is 0 Å². The van der Waals surface area contributed by atoms with Gasteiger partial charge in [0.1, 0.15) is 0 Å². The van der Waals surface area contributed by atoms with Gasteiger partial charge in [-0.2, -0.15) is 0 Å². The molecule has 0 N–H and O–H groups in total. The lowest BCUT2D eigenvalue weighted by Gasteiger charge is -2.17. The molecule has 0 heterocycles. The van der Waals surface area contributed by atoms with Gasteiger partial charge in [-0.05, 0) is 41.5 Å². The van der Waals surface area contributed by atoms with E-state index in [0.29, 0.717) is 4.83 Å². The van der Waals surface area contributed by atoms with Crippen molar-refractivity contribution in [3.8, 4) is 0 Å². The van der Waals surface area contributed by atoms with Crippen LogP contribution in [0.25, 0.3) is 10.8 Å².